The molecule has 14 heavy (non-hydrogen) atoms. The quantitative estimate of drug-likeness (QED) is 0.296. The Morgan fingerprint density at radius 1 is 1.43 bits per heavy atom. The molecule has 0 aromatic heterocycles. The first-order valence-corrected chi connectivity index (χ1v) is 12.7. The van der Waals surface area contributed by atoms with Crippen LogP contribution in [0.2, 0.25) is 0 Å². The number of hydrogen-bond acceptors (Lipinski definition) is 4. The van der Waals surface area contributed by atoms with E-state index in [1.54, 1.807) is 6.19 Å². The summed E-state index contributed by atoms with van der Waals surface area (Å²) in [5.74, 6) is -3.05. The van der Waals surface area contributed by atoms with Crippen LogP contribution < -0.4 is 0 Å². The SMILES string of the molecule is N#CN1P(Cl)N(Cl)[PH](Cl)(Cl)N=P1(Cl)Cl. The van der Waals surface area contributed by atoms with Gasteiger partial charge in [-0.3, -0.25) is 0 Å². The molecule has 0 amide bonds. The number of rotatable bonds is 0. The van der Waals surface area contributed by atoms with Crippen molar-refractivity contribution in [3.05, 3.63) is 0 Å². The predicted octanol–water partition coefficient (Wildman–Crippen LogP) is 6.02. The Kier molecular flexibility index (Phi) is 4.80. The van der Waals surface area contributed by atoms with Crippen LogP contribution in [-0.2, 0) is 0 Å². The van der Waals surface area contributed by atoms with E-state index in [2.05, 4.69) is 4.52 Å². The second-order valence-corrected chi connectivity index (χ2v) is 16.4. The molecular weight excluding hydrogens is 374 g/mol. The molecule has 0 saturated carbocycles. The normalized spacial score (nSPS) is 32.9. The summed E-state index contributed by atoms with van der Waals surface area (Å²) in [5.41, 5.74) is 0. The molecular formula is CHCl6N4P3. The standard InChI is InChI=1S/CHCl6N4P3/c2-11-12(3)10(1-8)13(4,5)9-14(11,6)7/h14H. The minimum absolute atomic E-state index is 0.927. The predicted molar refractivity (Wildman–Crippen MR) is 69.0 cm³/mol. The van der Waals surface area contributed by atoms with Crippen LogP contribution in [0.1, 0.15) is 0 Å². The molecule has 0 aromatic rings. The van der Waals surface area contributed by atoms with Gasteiger partial charge >= 0.3 is 112 Å². The zero-order valence-corrected chi connectivity index (χ0v) is 13.3. The molecule has 1 unspecified atom stereocenters. The van der Waals surface area contributed by atoms with Crippen molar-refractivity contribution in [1.82, 2.24) is 8.40 Å². The van der Waals surface area contributed by atoms with Gasteiger partial charge in [0.25, 0.3) is 0 Å². The Morgan fingerprint density at radius 3 is 2.36 bits per heavy atom. The van der Waals surface area contributed by atoms with E-state index in [4.69, 9.17) is 73.2 Å². The maximum atomic E-state index is 8.74. The van der Waals surface area contributed by atoms with Crippen molar-refractivity contribution in [3.8, 4) is 6.19 Å². The van der Waals surface area contributed by atoms with Crippen LogP contribution in [0.3, 0.4) is 0 Å². The van der Waals surface area contributed by atoms with E-state index >= 15 is 0 Å². The molecule has 1 aliphatic heterocycles. The summed E-state index contributed by atoms with van der Waals surface area (Å²) in [6.45, 7) is 0. The average Bonchev–Trinajstić information content (AvgIpc) is 1.99. The fraction of sp³-hybridized carbons (Fsp3) is 0. The maximum absolute atomic E-state index is 8.74. The van der Waals surface area contributed by atoms with Crippen LogP contribution in [0.5, 0.6) is 0 Å². The van der Waals surface area contributed by atoms with Gasteiger partial charge in [-0.1, -0.05) is 0 Å². The molecule has 1 rings (SSSR count). The molecule has 0 aromatic carbocycles. The molecule has 0 N–H and O–H groups in total. The second kappa shape index (κ2) is 4.75. The zero-order chi connectivity index (χ0) is 11.1. The molecule has 4 nitrogen and oxygen atoms in total. The zero-order valence-electron chi connectivity index (χ0n) is 5.95. The van der Waals surface area contributed by atoms with E-state index in [1.807, 2.05) is 0 Å². The Balaban J connectivity index is 3.26. The van der Waals surface area contributed by atoms with Gasteiger partial charge in [0.2, 0.25) is 0 Å². The van der Waals surface area contributed by atoms with Gasteiger partial charge in [-0.2, -0.15) is 0 Å². The van der Waals surface area contributed by atoms with E-state index in [0.29, 0.717) is 0 Å². The first-order valence-electron chi connectivity index (χ1n) is 2.75. The van der Waals surface area contributed by atoms with E-state index in [0.717, 1.165) is 8.40 Å². The molecule has 0 saturated heterocycles. The first kappa shape index (κ1) is 14.1. The van der Waals surface area contributed by atoms with Gasteiger partial charge in [-0.05, 0) is 0 Å². The fourth-order valence-corrected chi connectivity index (χ4v) is 17.6. The molecule has 1 atom stereocenters. The van der Waals surface area contributed by atoms with Gasteiger partial charge in [0.05, 0.1) is 0 Å². The van der Waals surface area contributed by atoms with Gasteiger partial charge in [0.15, 0.2) is 0 Å². The molecule has 0 fully saturated rings. The summed E-state index contributed by atoms with van der Waals surface area (Å²) in [5, 5.41) is 8.74. The Hall–Kier alpha value is 2.08. The summed E-state index contributed by atoms with van der Waals surface area (Å²) in [7, 11) is -1.76. The van der Waals surface area contributed by atoms with Crippen molar-refractivity contribution in [1.29, 1.82) is 5.26 Å². The second-order valence-electron chi connectivity index (χ2n) is 1.96. The van der Waals surface area contributed by atoms with Crippen LogP contribution in [-0.4, -0.2) is 8.40 Å². The van der Waals surface area contributed by atoms with Crippen molar-refractivity contribution >= 4 is 87.7 Å². The summed E-state index contributed by atoms with van der Waals surface area (Å²) in [6, 6.07) is 0. The third-order valence-corrected chi connectivity index (χ3v) is 16.9. The molecule has 0 bridgehead atoms. The molecule has 0 spiro atoms. The van der Waals surface area contributed by atoms with Crippen molar-refractivity contribution in [2.75, 3.05) is 0 Å². The molecule has 1 heterocycles. The number of hydrogen-bond donors (Lipinski definition) is 0. The van der Waals surface area contributed by atoms with E-state index in [9.17, 15) is 0 Å². The van der Waals surface area contributed by atoms with Gasteiger partial charge < -0.3 is 0 Å². The van der Waals surface area contributed by atoms with Crippen molar-refractivity contribution in [3.63, 3.8) is 0 Å². The summed E-state index contributed by atoms with van der Waals surface area (Å²) < 4.78 is 5.63. The van der Waals surface area contributed by atoms with Crippen molar-refractivity contribution in [2.45, 2.75) is 0 Å². The number of nitriles is 1. The Bertz CT molecular complexity index is 330. The van der Waals surface area contributed by atoms with Crippen LogP contribution >= 0.6 is 87.7 Å². The third-order valence-electron chi connectivity index (χ3n) is 1.08. The minimum atomic E-state index is -3.29. The van der Waals surface area contributed by atoms with Crippen LogP contribution in [0, 0.1) is 11.5 Å². The Morgan fingerprint density at radius 2 is 1.93 bits per heavy atom. The van der Waals surface area contributed by atoms with Gasteiger partial charge in [-0.25, -0.2) is 0 Å². The molecule has 0 aliphatic carbocycles. The van der Waals surface area contributed by atoms with Gasteiger partial charge in [0, 0.05) is 0 Å². The van der Waals surface area contributed by atoms with E-state index < -0.39 is 19.8 Å². The third kappa shape index (κ3) is 2.66. The fourth-order valence-electron chi connectivity index (χ4n) is 0.577. The van der Waals surface area contributed by atoms with Crippen LogP contribution in [0.4, 0.5) is 0 Å². The van der Waals surface area contributed by atoms with Crippen LogP contribution in [0.25, 0.3) is 0 Å². The average molecular weight is 375 g/mol. The molecule has 1 aliphatic rings. The summed E-state index contributed by atoms with van der Waals surface area (Å²) >= 11 is 34.8. The van der Waals surface area contributed by atoms with Crippen molar-refractivity contribution < 1.29 is 0 Å². The van der Waals surface area contributed by atoms with Gasteiger partial charge in [0.1, 0.15) is 0 Å². The monoisotopic (exact) mass is 372 g/mol. The summed E-state index contributed by atoms with van der Waals surface area (Å²) in [4.78, 5) is 0. The van der Waals surface area contributed by atoms with E-state index in [1.165, 1.54) is 0 Å². The summed E-state index contributed by atoms with van der Waals surface area (Å²) in [6.07, 6.45) is -1.58. The van der Waals surface area contributed by atoms with E-state index in [-0.39, 0.29) is 0 Å². The number of nitrogens with zero attached hydrogens (tertiary/aromatic N) is 4. The number of halogens is 6. The first-order chi connectivity index (χ1) is 6.22. The molecule has 13 heteroatoms. The topological polar surface area (TPSA) is 42.6 Å². The molecule has 82 valence electrons. The van der Waals surface area contributed by atoms with Crippen LogP contribution in [0.15, 0.2) is 4.52 Å². The molecule has 0 radical (unpaired) electrons. The van der Waals surface area contributed by atoms with Gasteiger partial charge in [-0.15, -0.1) is 0 Å². The van der Waals surface area contributed by atoms with Crippen molar-refractivity contribution in [2.24, 2.45) is 4.52 Å². The Labute approximate surface area is 111 Å².